The first kappa shape index (κ1) is 15.0. The van der Waals surface area contributed by atoms with Crippen LogP contribution in [0.2, 0.25) is 5.02 Å². The van der Waals surface area contributed by atoms with Gasteiger partial charge in [0.2, 0.25) is 0 Å². The number of amides is 1. The lowest BCUT2D eigenvalue weighted by Crippen LogP contribution is -2.12. The second kappa shape index (κ2) is 6.89. The maximum atomic E-state index is 13.1. The second-order valence-electron chi connectivity index (χ2n) is 4.17. The average molecular weight is 303 g/mol. The van der Waals surface area contributed by atoms with E-state index in [2.05, 4.69) is 17.2 Å². The van der Waals surface area contributed by atoms with Crippen LogP contribution in [0.1, 0.15) is 15.9 Å². The number of hydrogen-bond acceptors (Lipinski definition) is 2. The molecule has 0 unspecified atom stereocenters. The number of rotatable bonds is 2. The highest BCUT2D eigenvalue weighted by atomic mass is 35.5. The lowest BCUT2D eigenvalue weighted by Gasteiger charge is -2.06. The molecule has 5 heteroatoms. The Hall–Kier alpha value is -2.35. The van der Waals surface area contributed by atoms with E-state index in [1.54, 1.807) is 24.3 Å². The molecule has 0 aliphatic carbocycles. The Bertz CT molecular complexity index is 735. The topological polar surface area (TPSA) is 55.1 Å². The molecule has 106 valence electrons. The van der Waals surface area contributed by atoms with Gasteiger partial charge in [-0.2, -0.15) is 0 Å². The average Bonchev–Trinajstić information content (AvgIpc) is 2.49. The fourth-order valence-corrected chi connectivity index (χ4v) is 1.85. The Kier molecular flexibility index (Phi) is 4.94. The summed E-state index contributed by atoms with van der Waals surface area (Å²) in [7, 11) is 0. The van der Waals surface area contributed by atoms with Crippen LogP contribution in [0.25, 0.3) is 0 Å². The molecule has 3 N–H and O–H groups in total. The van der Waals surface area contributed by atoms with E-state index in [4.69, 9.17) is 17.3 Å². The van der Waals surface area contributed by atoms with Crippen molar-refractivity contribution >= 4 is 23.2 Å². The van der Waals surface area contributed by atoms with E-state index >= 15 is 0 Å². The van der Waals surface area contributed by atoms with E-state index in [9.17, 15) is 9.18 Å². The maximum absolute atomic E-state index is 13.1. The number of anilines is 1. The number of benzene rings is 2. The number of carbonyl (C=O) groups is 1. The highest BCUT2D eigenvalue weighted by Gasteiger charge is 2.08. The van der Waals surface area contributed by atoms with Gasteiger partial charge in [-0.15, -0.1) is 0 Å². The Morgan fingerprint density at radius 1 is 1.29 bits per heavy atom. The summed E-state index contributed by atoms with van der Waals surface area (Å²) < 4.78 is 13.1. The van der Waals surface area contributed by atoms with Crippen LogP contribution < -0.4 is 11.1 Å². The Labute approximate surface area is 126 Å². The third-order valence-electron chi connectivity index (χ3n) is 2.64. The lowest BCUT2D eigenvalue weighted by molar-refractivity contribution is 0.102. The monoisotopic (exact) mass is 302 g/mol. The van der Waals surface area contributed by atoms with E-state index in [1.165, 1.54) is 18.2 Å². The number of nitrogens with one attached hydrogen (secondary N) is 1. The quantitative estimate of drug-likeness (QED) is 0.838. The van der Waals surface area contributed by atoms with Gasteiger partial charge in [-0.25, -0.2) is 4.39 Å². The van der Waals surface area contributed by atoms with Gasteiger partial charge < -0.3 is 11.1 Å². The summed E-state index contributed by atoms with van der Waals surface area (Å²) in [6.07, 6.45) is 0. The van der Waals surface area contributed by atoms with Crippen molar-refractivity contribution in [1.82, 2.24) is 0 Å². The molecule has 0 spiro atoms. The minimum absolute atomic E-state index is 0.0460. The summed E-state index contributed by atoms with van der Waals surface area (Å²) in [5, 5.41) is 2.60. The third kappa shape index (κ3) is 4.06. The molecule has 0 saturated heterocycles. The number of carbonyl (C=O) groups excluding carboxylic acids is 1. The van der Waals surface area contributed by atoms with Gasteiger partial charge in [0, 0.05) is 16.8 Å². The largest absolute Gasteiger partial charge is 0.322 e. The number of nitrogens with two attached hydrogens (primary N) is 1. The van der Waals surface area contributed by atoms with Gasteiger partial charge in [-0.05, 0) is 36.4 Å². The van der Waals surface area contributed by atoms with Crippen LogP contribution in [-0.2, 0) is 0 Å². The second-order valence-corrected chi connectivity index (χ2v) is 4.58. The van der Waals surface area contributed by atoms with Gasteiger partial charge >= 0.3 is 0 Å². The molecule has 2 rings (SSSR count). The molecule has 0 aliphatic heterocycles. The fourth-order valence-electron chi connectivity index (χ4n) is 1.67. The van der Waals surface area contributed by atoms with E-state index in [0.717, 1.165) is 0 Å². The van der Waals surface area contributed by atoms with E-state index in [1.807, 2.05) is 0 Å². The molecule has 0 aliphatic rings. The molecule has 0 aromatic heterocycles. The van der Waals surface area contributed by atoms with Crippen LogP contribution in [0.15, 0.2) is 42.5 Å². The van der Waals surface area contributed by atoms with Gasteiger partial charge in [0.15, 0.2) is 0 Å². The van der Waals surface area contributed by atoms with E-state index in [-0.39, 0.29) is 17.5 Å². The molecular weight excluding hydrogens is 291 g/mol. The zero-order chi connectivity index (χ0) is 15.2. The Balaban J connectivity index is 2.18. The molecule has 2 aromatic carbocycles. The van der Waals surface area contributed by atoms with Gasteiger partial charge in [0.05, 0.1) is 11.6 Å². The van der Waals surface area contributed by atoms with Crippen molar-refractivity contribution in [2.24, 2.45) is 5.73 Å². The molecule has 1 amide bonds. The molecule has 2 aromatic rings. The van der Waals surface area contributed by atoms with Crippen molar-refractivity contribution < 1.29 is 9.18 Å². The van der Waals surface area contributed by atoms with Gasteiger partial charge in [-0.3, -0.25) is 4.79 Å². The Morgan fingerprint density at radius 2 is 2.10 bits per heavy atom. The summed E-state index contributed by atoms with van der Waals surface area (Å²) in [5.41, 5.74) is 6.87. The van der Waals surface area contributed by atoms with Crippen molar-refractivity contribution in [3.8, 4) is 11.8 Å². The molecule has 0 fully saturated rings. The highest BCUT2D eigenvalue weighted by molar-refractivity contribution is 6.31. The minimum atomic E-state index is -0.534. The van der Waals surface area contributed by atoms with Crippen molar-refractivity contribution in [3.63, 3.8) is 0 Å². The highest BCUT2D eigenvalue weighted by Crippen LogP contribution is 2.20. The van der Waals surface area contributed by atoms with Crippen LogP contribution in [0, 0.1) is 17.7 Å². The molecular formula is C16H12ClFN2O. The van der Waals surface area contributed by atoms with Gasteiger partial charge in [-0.1, -0.05) is 29.5 Å². The molecule has 0 radical (unpaired) electrons. The van der Waals surface area contributed by atoms with Gasteiger partial charge in [0.25, 0.3) is 5.91 Å². The number of hydrogen-bond donors (Lipinski definition) is 2. The van der Waals surface area contributed by atoms with E-state index < -0.39 is 5.82 Å². The van der Waals surface area contributed by atoms with Crippen LogP contribution >= 0.6 is 11.6 Å². The maximum Gasteiger partial charge on any atom is 0.255 e. The van der Waals surface area contributed by atoms with Crippen molar-refractivity contribution in [3.05, 3.63) is 64.4 Å². The smallest absolute Gasteiger partial charge is 0.255 e. The predicted molar refractivity (Wildman–Crippen MR) is 81.7 cm³/mol. The van der Waals surface area contributed by atoms with Crippen molar-refractivity contribution in [2.75, 3.05) is 11.9 Å². The molecule has 3 nitrogen and oxygen atoms in total. The summed E-state index contributed by atoms with van der Waals surface area (Å²) in [6, 6.07) is 10.8. The van der Waals surface area contributed by atoms with E-state index in [0.29, 0.717) is 16.8 Å². The number of halogens is 2. The Morgan fingerprint density at radius 3 is 2.81 bits per heavy atom. The fraction of sp³-hybridized carbons (Fsp3) is 0.0625. The first-order valence-corrected chi connectivity index (χ1v) is 6.53. The zero-order valence-corrected chi connectivity index (χ0v) is 11.7. The third-order valence-corrected chi connectivity index (χ3v) is 2.93. The first-order chi connectivity index (χ1) is 10.1. The molecule has 0 heterocycles. The summed E-state index contributed by atoms with van der Waals surface area (Å²) in [6.45, 7) is 0.254. The van der Waals surface area contributed by atoms with Gasteiger partial charge in [0.1, 0.15) is 5.82 Å². The van der Waals surface area contributed by atoms with Crippen molar-refractivity contribution in [1.29, 1.82) is 0 Å². The predicted octanol–water partition coefficient (Wildman–Crippen LogP) is 3.04. The van der Waals surface area contributed by atoms with Crippen LogP contribution in [0.5, 0.6) is 0 Å². The van der Waals surface area contributed by atoms with Crippen molar-refractivity contribution in [2.45, 2.75) is 0 Å². The summed E-state index contributed by atoms with van der Waals surface area (Å²) >= 11 is 5.67. The molecule has 0 saturated carbocycles. The van der Waals surface area contributed by atoms with Crippen LogP contribution in [0.3, 0.4) is 0 Å². The summed E-state index contributed by atoms with van der Waals surface area (Å²) in [5.74, 6) is 4.72. The lowest BCUT2D eigenvalue weighted by atomic mass is 10.1. The molecule has 21 heavy (non-hydrogen) atoms. The first-order valence-electron chi connectivity index (χ1n) is 6.15. The standard InChI is InChI=1S/C16H12ClFN2O/c17-14-10-13(6-7-15(14)18)20-16(21)12-5-1-3-11(9-12)4-2-8-19/h1,3,5-7,9-10H,8,19H2,(H,20,21). The zero-order valence-electron chi connectivity index (χ0n) is 11.0. The minimum Gasteiger partial charge on any atom is -0.322 e. The van der Waals surface area contributed by atoms with Crippen LogP contribution in [0.4, 0.5) is 10.1 Å². The SMILES string of the molecule is NCC#Cc1cccc(C(=O)Nc2ccc(F)c(Cl)c2)c1. The molecule has 0 atom stereocenters. The molecule has 0 bridgehead atoms. The normalized spacial score (nSPS) is 9.67. The summed E-state index contributed by atoms with van der Waals surface area (Å²) in [4.78, 5) is 12.1. The van der Waals surface area contributed by atoms with Crippen LogP contribution in [-0.4, -0.2) is 12.5 Å².